The van der Waals surface area contributed by atoms with E-state index < -0.39 is 0 Å². The first kappa shape index (κ1) is 13.4. The summed E-state index contributed by atoms with van der Waals surface area (Å²) >= 11 is 0. The zero-order valence-corrected chi connectivity index (χ0v) is 11.3. The van der Waals surface area contributed by atoms with Gasteiger partial charge < -0.3 is 0 Å². The molecule has 19 heavy (non-hydrogen) atoms. The van der Waals surface area contributed by atoms with Crippen LogP contribution >= 0.6 is 0 Å². The molecule has 2 aromatic rings. The SMILES string of the molecule is C=Cc1cccc(CCCc2cccc(C=C)c2)c1. The molecule has 0 spiro atoms. The van der Waals surface area contributed by atoms with Gasteiger partial charge in [0.05, 0.1) is 0 Å². The summed E-state index contributed by atoms with van der Waals surface area (Å²) in [5, 5.41) is 0. The lowest BCUT2D eigenvalue weighted by atomic mass is 10.0. The normalized spacial score (nSPS) is 10.1. The third-order valence-electron chi connectivity index (χ3n) is 3.30. The molecule has 0 heteroatoms. The third-order valence-corrected chi connectivity index (χ3v) is 3.30. The minimum Gasteiger partial charge on any atom is -0.0985 e. The van der Waals surface area contributed by atoms with E-state index in [1.807, 2.05) is 12.2 Å². The van der Waals surface area contributed by atoms with Crippen molar-refractivity contribution in [2.75, 3.05) is 0 Å². The van der Waals surface area contributed by atoms with Crippen molar-refractivity contribution in [3.63, 3.8) is 0 Å². The Balaban J connectivity index is 1.92. The molecule has 2 rings (SSSR count). The van der Waals surface area contributed by atoms with Crippen LogP contribution in [0.1, 0.15) is 28.7 Å². The Kier molecular flexibility index (Phi) is 4.74. The average molecular weight is 248 g/mol. The summed E-state index contributed by atoms with van der Waals surface area (Å²) in [6, 6.07) is 17.2. The minimum absolute atomic E-state index is 1.11. The fourth-order valence-corrected chi connectivity index (χ4v) is 2.25. The summed E-state index contributed by atoms with van der Waals surface area (Å²) in [7, 11) is 0. The van der Waals surface area contributed by atoms with Crippen LogP contribution in [-0.4, -0.2) is 0 Å². The molecule has 0 saturated heterocycles. The number of benzene rings is 2. The van der Waals surface area contributed by atoms with Gasteiger partial charge in [0.2, 0.25) is 0 Å². The average Bonchev–Trinajstić information content (AvgIpc) is 2.48. The predicted molar refractivity (Wildman–Crippen MR) is 85.1 cm³/mol. The van der Waals surface area contributed by atoms with E-state index in [9.17, 15) is 0 Å². The first-order valence-electron chi connectivity index (χ1n) is 6.74. The van der Waals surface area contributed by atoms with Crippen LogP contribution < -0.4 is 0 Å². The Morgan fingerprint density at radius 3 is 1.63 bits per heavy atom. The fourth-order valence-electron chi connectivity index (χ4n) is 2.25. The second-order valence-electron chi connectivity index (χ2n) is 4.75. The molecule has 0 aliphatic carbocycles. The van der Waals surface area contributed by atoms with Gasteiger partial charge in [0.1, 0.15) is 0 Å². The van der Waals surface area contributed by atoms with Crippen LogP contribution in [0.2, 0.25) is 0 Å². The van der Waals surface area contributed by atoms with Crippen LogP contribution in [0.4, 0.5) is 0 Å². The number of rotatable bonds is 6. The van der Waals surface area contributed by atoms with Crippen molar-refractivity contribution in [3.05, 3.63) is 83.9 Å². The standard InChI is InChI=1S/C19H20/c1-3-16-8-5-10-18(14-16)12-7-13-19-11-6-9-17(4-2)15-19/h3-6,8-11,14-15H,1-2,7,12-13H2. The topological polar surface area (TPSA) is 0 Å². The van der Waals surface area contributed by atoms with Gasteiger partial charge in [-0.05, 0) is 41.5 Å². The van der Waals surface area contributed by atoms with E-state index in [4.69, 9.17) is 0 Å². The summed E-state index contributed by atoms with van der Waals surface area (Å²) in [5.41, 5.74) is 5.17. The van der Waals surface area contributed by atoms with E-state index in [1.165, 1.54) is 28.7 Å². The lowest BCUT2D eigenvalue weighted by molar-refractivity contribution is 0.820. The molecule has 0 aromatic heterocycles. The van der Waals surface area contributed by atoms with Crippen LogP contribution in [0.3, 0.4) is 0 Å². The smallest absolute Gasteiger partial charge is 0.0260 e. The van der Waals surface area contributed by atoms with Gasteiger partial charge in [0.25, 0.3) is 0 Å². The zero-order valence-electron chi connectivity index (χ0n) is 11.3. The monoisotopic (exact) mass is 248 g/mol. The summed E-state index contributed by atoms with van der Waals surface area (Å²) in [4.78, 5) is 0. The van der Waals surface area contributed by atoms with Crippen molar-refractivity contribution in [2.24, 2.45) is 0 Å². The van der Waals surface area contributed by atoms with Crippen LogP contribution in [-0.2, 0) is 12.8 Å². The number of hydrogen-bond acceptors (Lipinski definition) is 0. The summed E-state index contributed by atoms with van der Waals surface area (Å²) in [6.07, 6.45) is 7.19. The van der Waals surface area contributed by atoms with Crippen LogP contribution in [0, 0.1) is 0 Å². The second kappa shape index (κ2) is 6.75. The molecule has 0 amide bonds. The summed E-state index contributed by atoms with van der Waals surface area (Å²) in [6.45, 7) is 7.62. The molecule has 0 aliphatic rings. The first-order valence-corrected chi connectivity index (χ1v) is 6.74. The summed E-state index contributed by atoms with van der Waals surface area (Å²) in [5.74, 6) is 0. The third kappa shape index (κ3) is 3.96. The molecule has 0 bridgehead atoms. The fraction of sp³-hybridized carbons (Fsp3) is 0.158. The van der Waals surface area contributed by atoms with Gasteiger partial charge in [-0.15, -0.1) is 0 Å². The van der Waals surface area contributed by atoms with E-state index in [-0.39, 0.29) is 0 Å². The van der Waals surface area contributed by atoms with Crippen LogP contribution in [0.25, 0.3) is 12.2 Å². The zero-order chi connectivity index (χ0) is 13.5. The molecule has 0 atom stereocenters. The highest BCUT2D eigenvalue weighted by Gasteiger charge is 1.97. The lowest BCUT2D eigenvalue weighted by Gasteiger charge is -2.04. The highest BCUT2D eigenvalue weighted by atomic mass is 14.0. The maximum absolute atomic E-state index is 3.81. The Bertz CT molecular complexity index is 512. The molecule has 0 saturated carbocycles. The molecule has 0 fully saturated rings. The van der Waals surface area contributed by atoms with Gasteiger partial charge in [-0.3, -0.25) is 0 Å². The predicted octanol–water partition coefficient (Wildman–Crippen LogP) is 5.15. The van der Waals surface area contributed by atoms with E-state index in [1.54, 1.807) is 0 Å². The molecular weight excluding hydrogens is 228 g/mol. The number of aryl methyl sites for hydroxylation is 2. The number of hydrogen-bond donors (Lipinski definition) is 0. The maximum Gasteiger partial charge on any atom is -0.0260 e. The Labute approximate surface area is 116 Å². The molecule has 0 heterocycles. The van der Waals surface area contributed by atoms with Gasteiger partial charge in [0, 0.05) is 0 Å². The Morgan fingerprint density at radius 2 is 1.21 bits per heavy atom. The van der Waals surface area contributed by atoms with Gasteiger partial charge in [-0.25, -0.2) is 0 Å². The minimum atomic E-state index is 1.11. The van der Waals surface area contributed by atoms with Crippen molar-refractivity contribution >= 4 is 12.2 Å². The maximum atomic E-state index is 3.81. The molecule has 96 valence electrons. The van der Waals surface area contributed by atoms with Gasteiger partial charge in [-0.1, -0.05) is 73.8 Å². The molecule has 0 nitrogen and oxygen atoms in total. The summed E-state index contributed by atoms with van der Waals surface area (Å²) < 4.78 is 0. The first-order chi connectivity index (χ1) is 9.31. The van der Waals surface area contributed by atoms with E-state index in [2.05, 4.69) is 61.7 Å². The van der Waals surface area contributed by atoms with E-state index in [0.717, 1.165) is 12.8 Å². The molecule has 0 N–H and O–H groups in total. The van der Waals surface area contributed by atoms with E-state index in [0.29, 0.717) is 0 Å². The van der Waals surface area contributed by atoms with Crippen molar-refractivity contribution in [1.29, 1.82) is 0 Å². The highest BCUT2D eigenvalue weighted by Crippen LogP contribution is 2.12. The van der Waals surface area contributed by atoms with Gasteiger partial charge in [0.15, 0.2) is 0 Å². The lowest BCUT2D eigenvalue weighted by Crippen LogP contribution is -1.91. The molecular formula is C19H20. The van der Waals surface area contributed by atoms with E-state index >= 15 is 0 Å². The quantitative estimate of drug-likeness (QED) is 0.663. The molecule has 0 unspecified atom stereocenters. The largest absolute Gasteiger partial charge is 0.0985 e. The Hall–Kier alpha value is -2.08. The van der Waals surface area contributed by atoms with Crippen molar-refractivity contribution in [2.45, 2.75) is 19.3 Å². The molecule has 2 aromatic carbocycles. The Morgan fingerprint density at radius 1 is 0.737 bits per heavy atom. The van der Waals surface area contributed by atoms with Crippen molar-refractivity contribution in [1.82, 2.24) is 0 Å². The highest BCUT2D eigenvalue weighted by molar-refractivity contribution is 5.48. The molecule has 0 aliphatic heterocycles. The van der Waals surface area contributed by atoms with Crippen LogP contribution in [0.5, 0.6) is 0 Å². The molecule has 0 radical (unpaired) electrons. The van der Waals surface area contributed by atoms with Crippen molar-refractivity contribution < 1.29 is 0 Å². The van der Waals surface area contributed by atoms with Crippen LogP contribution in [0.15, 0.2) is 61.7 Å². The van der Waals surface area contributed by atoms with Gasteiger partial charge in [-0.2, -0.15) is 0 Å². The van der Waals surface area contributed by atoms with Gasteiger partial charge >= 0.3 is 0 Å². The second-order valence-corrected chi connectivity index (χ2v) is 4.75. The van der Waals surface area contributed by atoms with Crippen molar-refractivity contribution in [3.8, 4) is 0 Å².